The number of hydrogen-bond acceptors (Lipinski definition) is 4. The molecule has 1 aromatic carbocycles. The summed E-state index contributed by atoms with van der Waals surface area (Å²) in [5, 5.41) is 4.25. The van der Waals surface area contributed by atoms with Crippen LogP contribution in [-0.4, -0.2) is 67.3 Å². The second-order valence-corrected chi connectivity index (χ2v) is 10.9. The molecule has 6 heterocycles. The van der Waals surface area contributed by atoms with Crippen molar-refractivity contribution in [1.82, 2.24) is 29.1 Å². The van der Waals surface area contributed by atoms with Crippen molar-refractivity contribution in [3.8, 4) is 0 Å². The molecule has 0 saturated carbocycles. The zero-order chi connectivity index (χ0) is 25.5. The van der Waals surface area contributed by atoms with E-state index < -0.39 is 0 Å². The number of ketones is 1. The maximum atomic E-state index is 15.1. The topological polar surface area (TPSA) is 74.9 Å². The Morgan fingerprint density at radius 2 is 2.08 bits per heavy atom. The number of fused-ring (bicyclic) bond motifs is 3. The van der Waals surface area contributed by atoms with Gasteiger partial charge in [0.1, 0.15) is 11.5 Å². The molecule has 0 radical (unpaired) electrons. The number of imidazole rings is 1. The predicted molar refractivity (Wildman–Crippen MR) is 141 cm³/mol. The summed E-state index contributed by atoms with van der Waals surface area (Å²) < 4.78 is 19.2. The molecule has 192 valence electrons. The van der Waals surface area contributed by atoms with E-state index in [9.17, 15) is 9.59 Å². The van der Waals surface area contributed by atoms with E-state index in [1.807, 2.05) is 38.6 Å². The van der Waals surface area contributed by atoms with Gasteiger partial charge in [-0.2, -0.15) is 0 Å². The van der Waals surface area contributed by atoms with Gasteiger partial charge in [-0.15, -0.1) is 0 Å². The molecule has 8 nitrogen and oxygen atoms in total. The zero-order valence-corrected chi connectivity index (χ0v) is 20.9. The van der Waals surface area contributed by atoms with Gasteiger partial charge in [0.15, 0.2) is 5.78 Å². The summed E-state index contributed by atoms with van der Waals surface area (Å²) in [4.78, 5) is 35.0. The summed E-state index contributed by atoms with van der Waals surface area (Å²) in [6.07, 6.45) is 7.77. The quantitative estimate of drug-likeness (QED) is 0.447. The molecule has 1 N–H and O–H groups in total. The van der Waals surface area contributed by atoms with E-state index in [-0.39, 0.29) is 23.7 Å². The van der Waals surface area contributed by atoms with Crippen LogP contribution in [0.25, 0.3) is 27.7 Å². The van der Waals surface area contributed by atoms with Gasteiger partial charge in [-0.25, -0.2) is 14.2 Å². The summed E-state index contributed by atoms with van der Waals surface area (Å²) in [6.45, 7) is 3.13. The number of pyridine rings is 1. The Kier molecular flexibility index (Phi) is 4.65. The summed E-state index contributed by atoms with van der Waals surface area (Å²) >= 11 is 0. The molecule has 8 rings (SSSR count). The highest BCUT2D eigenvalue weighted by Gasteiger charge is 2.42. The van der Waals surface area contributed by atoms with E-state index >= 15 is 4.39 Å². The minimum absolute atomic E-state index is 0.0429. The van der Waals surface area contributed by atoms with Crippen molar-refractivity contribution in [2.75, 3.05) is 19.6 Å². The van der Waals surface area contributed by atoms with Crippen LogP contribution in [0.3, 0.4) is 0 Å². The smallest absolute Gasteiger partial charge is 0.320 e. The molecular weight excluding hydrogens is 483 g/mol. The normalized spacial score (nSPS) is 22.9. The molecule has 9 heteroatoms. The van der Waals surface area contributed by atoms with Crippen LogP contribution in [0.15, 0.2) is 48.9 Å². The van der Waals surface area contributed by atoms with Crippen molar-refractivity contribution in [2.24, 2.45) is 0 Å². The number of carbonyl (C=O) groups is 2. The Bertz CT molecular complexity index is 1700. The zero-order valence-electron chi connectivity index (χ0n) is 20.9. The van der Waals surface area contributed by atoms with Crippen molar-refractivity contribution in [1.29, 1.82) is 0 Å². The fourth-order valence-corrected chi connectivity index (χ4v) is 7.02. The second-order valence-electron chi connectivity index (χ2n) is 10.9. The molecule has 2 saturated heterocycles. The first kappa shape index (κ1) is 22.0. The SMILES string of the molecule is O=C1CCC(c2cn3c4c(cc(F)cc24)CN(C(=O)N2CC4CC2CN4)CC3)=C1c1cnc2ccccn12. The number of carbonyl (C=O) groups excluding carboxylic acids is 2. The Balaban J connectivity index is 1.23. The van der Waals surface area contributed by atoms with Crippen molar-refractivity contribution in [3.63, 3.8) is 0 Å². The molecular formula is C29H27FN6O2. The van der Waals surface area contributed by atoms with Crippen LogP contribution in [0.5, 0.6) is 0 Å². The van der Waals surface area contributed by atoms with Gasteiger partial charge in [0, 0.05) is 80.1 Å². The third kappa shape index (κ3) is 3.14. The Morgan fingerprint density at radius 1 is 1.16 bits per heavy atom. The van der Waals surface area contributed by atoms with E-state index in [2.05, 4.69) is 21.1 Å². The van der Waals surface area contributed by atoms with Gasteiger partial charge in [-0.05, 0) is 48.2 Å². The number of rotatable bonds is 2. The average molecular weight is 511 g/mol. The number of nitrogens with one attached hydrogen (secondary N) is 1. The lowest BCUT2D eigenvalue weighted by Crippen LogP contribution is -2.51. The van der Waals surface area contributed by atoms with Crippen LogP contribution < -0.4 is 5.32 Å². The van der Waals surface area contributed by atoms with Crippen molar-refractivity contribution in [3.05, 3.63) is 71.6 Å². The van der Waals surface area contributed by atoms with Crippen LogP contribution in [0.1, 0.15) is 36.1 Å². The maximum Gasteiger partial charge on any atom is 0.320 e. The molecule has 2 bridgehead atoms. The third-order valence-electron chi connectivity index (χ3n) is 8.74. The lowest BCUT2D eigenvalue weighted by Gasteiger charge is -2.33. The highest BCUT2D eigenvalue weighted by molar-refractivity contribution is 6.31. The standard InChI is InChI=1S/C29H27FN6O2/c30-18-9-17-14-34(29(38)36-15-19-11-20(36)12-31-19)8-7-33-16-23(22(10-18)28(17)33)21-4-5-25(37)27(21)24-13-32-26-3-1-2-6-35(24)26/h1-3,6,9-10,13,16,19-20,31H,4-5,7-8,11-12,14-15H2. The number of aromatic nitrogens is 3. The van der Waals surface area contributed by atoms with Gasteiger partial charge >= 0.3 is 6.03 Å². The van der Waals surface area contributed by atoms with Crippen LogP contribution in [0.4, 0.5) is 9.18 Å². The van der Waals surface area contributed by atoms with Gasteiger partial charge in [0.25, 0.3) is 0 Å². The first-order valence-corrected chi connectivity index (χ1v) is 13.3. The van der Waals surface area contributed by atoms with Gasteiger partial charge in [-0.3, -0.25) is 9.20 Å². The van der Waals surface area contributed by atoms with Crippen LogP contribution in [0, 0.1) is 5.82 Å². The number of allylic oxidation sites excluding steroid dienone is 2. The molecule has 2 amide bonds. The van der Waals surface area contributed by atoms with Crippen molar-refractivity contribution < 1.29 is 14.0 Å². The highest BCUT2D eigenvalue weighted by atomic mass is 19.1. The summed E-state index contributed by atoms with van der Waals surface area (Å²) in [6, 6.07) is 9.58. The second kappa shape index (κ2) is 8.01. The molecule has 4 aromatic rings. The van der Waals surface area contributed by atoms with E-state index in [1.54, 1.807) is 18.3 Å². The molecule has 3 aliphatic heterocycles. The Hall–Kier alpha value is -3.98. The van der Waals surface area contributed by atoms with Crippen LogP contribution in [0.2, 0.25) is 0 Å². The van der Waals surface area contributed by atoms with E-state index in [0.29, 0.717) is 44.1 Å². The first-order valence-electron chi connectivity index (χ1n) is 13.3. The fourth-order valence-electron chi connectivity index (χ4n) is 7.02. The molecule has 4 aliphatic rings. The lowest BCUT2D eigenvalue weighted by atomic mass is 9.98. The number of benzene rings is 1. The number of hydrogen-bond donors (Lipinski definition) is 1. The monoisotopic (exact) mass is 510 g/mol. The first-order chi connectivity index (χ1) is 18.5. The van der Waals surface area contributed by atoms with E-state index in [4.69, 9.17) is 0 Å². The number of likely N-dealkylation sites (tertiary alicyclic amines) is 1. The Labute approximate surface area is 218 Å². The number of Topliss-reactive ketones (excluding diaryl/α,β-unsaturated/α-hetero) is 1. The van der Waals surface area contributed by atoms with Crippen LogP contribution >= 0.6 is 0 Å². The summed E-state index contributed by atoms with van der Waals surface area (Å²) in [5.41, 5.74) is 5.82. The molecule has 0 spiro atoms. The number of amides is 2. The van der Waals surface area contributed by atoms with E-state index in [1.165, 1.54) is 0 Å². The molecule has 1 aliphatic carbocycles. The average Bonchev–Trinajstić information content (AvgIpc) is 3.73. The maximum absolute atomic E-state index is 15.1. The van der Waals surface area contributed by atoms with Gasteiger partial charge in [0.2, 0.25) is 0 Å². The molecule has 2 unspecified atom stereocenters. The minimum atomic E-state index is -0.327. The van der Waals surface area contributed by atoms with Gasteiger partial charge in [0.05, 0.1) is 17.4 Å². The summed E-state index contributed by atoms with van der Waals surface area (Å²) in [7, 11) is 0. The molecule has 3 aromatic heterocycles. The van der Waals surface area contributed by atoms with Crippen molar-refractivity contribution >= 4 is 39.5 Å². The largest absolute Gasteiger partial charge is 0.345 e. The molecule has 38 heavy (non-hydrogen) atoms. The lowest BCUT2D eigenvalue weighted by molar-refractivity contribution is -0.113. The third-order valence-corrected chi connectivity index (χ3v) is 8.74. The highest BCUT2D eigenvalue weighted by Crippen LogP contribution is 2.42. The molecule has 2 fully saturated rings. The van der Waals surface area contributed by atoms with Crippen molar-refractivity contribution in [2.45, 2.75) is 44.4 Å². The van der Waals surface area contributed by atoms with Gasteiger partial charge in [-0.1, -0.05) is 6.07 Å². The van der Waals surface area contributed by atoms with E-state index in [0.717, 1.165) is 58.5 Å². The fraction of sp³-hybridized carbons (Fsp3) is 0.345. The van der Waals surface area contributed by atoms with Crippen LogP contribution in [-0.2, 0) is 17.9 Å². The molecule has 2 atom stereocenters. The summed E-state index contributed by atoms with van der Waals surface area (Å²) in [5.74, 6) is -0.243. The number of urea groups is 1. The Morgan fingerprint density at radius 3 is 2.92 bits per heavy atom. The number of nitrogens with zero attached hydrogens (tertiary/aromatic N) is 5. The number of piperazine rings is 1. The van der Waals surface area contributed by atoms with Gasteiger partial charge < -0.3 is 19.7 Å². The number of halogens is 1. The predicted octanol–water partition coefficient (Wildman–Crippen LogP) is 3.68. The minimum Gasteiger partial charge on any atom is -0.345 e.